The van der Waals surface area contributed by atoms with Gasteiger partial charge in [0.25, 0.3) is 0 Å². The second-order valence-corrected chi connectivity index (χ2v) is 5.59. The molecule has 1 atom stereocenters. The van der Waals surface area contributed by atoms with Crippen molar-refractivity contribution in [2.24, 2.45) is 0 Å². The summed E-state index contributed by atoms with van der Waals surface area (Å²) in [5.41, 5.74) is 2.86. The molecule has 0 fully saturated rings. The first kappa shape index (κ1) is 15.0. The van der Waals surface area contributed by atoms with Gasteiger partial charge in [0.05, 0.1) is 13.2 Å². The van der Waals surface area contributed by atoms with Crippen LogP contribution in [0.3, 0.4) is 0 Å². The minimum absolute atomic E-state index is 0.288. The number of halogens is 3. The van der Waals surface area contributed by atoms with Gasteiger partial charge in [0.2, 0.25) is 0 Å². The number of ether oxygens (including phenoxy) is 2. The zero-order valence-electron chi connectivity index (χ0n) is 12.0. The topological polar surface area (TPSA) is 47.6 Å². The number of nitrogens with one attached hydrogen (secondary N) is 1. The van der Waals surface area contributed by atoms with E-state index < -0.39 is 18.1 Å². The van der Waals surface area contributed by atoms with Crippen molar-refractivity contribution in [3.8, 4) is 11.5 Å². The number of hydrogen-bond acceptors (Lipinski definition) is 3. The minimum atomic E-state index is -4.87. The van der Waals surface area contributed by atoms with Crippen LogP contribution in [-0.4, -0.2) is 31.3 Å². The van der Waals surface area contributed by atoms with Gasteiger partial charge in [0, 0.05) is 35.6 Å². The normalized spacial score (nSPS) is 17.3. The van der Waals surface area contributed by atoms with Crippen LogP contribution >= 0.6 is 0 Å². The molecule has 120 valence electrons. The van der Waals surface area contributed by atoms with Crippen molar-refractivity contribution in [3.63, 3.8) is 0 Å². The molecule has 3 rings (SSSR count). The summed E-state index contributed by atoms with van der Waals surface area (Å²) in [6, 6.07) is 1.31. The molecule has 0 aliphatic carbocycles. The van der Waals surface area contributed by atoms with E-state index >= 15 is 0 Å². The van der Waals surface area contributed by atoms with E-state index in [0.29, 0.717) is 19.6 Å². The van der Waals surface area contributed by atoms with Crippen molar-refractivity contribution in [2.75, 3.05) is 13.2 Å². The molecule has 0 saturated carbocycles. The lowest BCUT2D eigenvalue weighted by Gasteiger charge is -2.19. The molecular weight excluding hydrogens is 299 g/mol. The van der Waals surface area contributed by atoms with Crippen molar-refractivity contribution < 1.29 is 27.4 Å². The predicted octanol–water partition coefficient (Wildman–Crippen LogP) is 2.17. The smallest absolute Gasteiger partial charge is 0.471 e. The number of carbonyl (C=O) groups is 1. The van der Waals surface area contributed by atoms with Gasteiger partial charge in [-0.15, -0.1) is 0 Å². The van der Waals surface area contributed by atoms with Gasteiger partial charge in [0.1, 0.15) is 11.5 Å². The highest BCUT2D eigenvalue weighted by molar-refractivity contribution is 5.82. The van der Waals surface area contributed by atoms with Crippen molar-refractivity contribution in [2.45, 2.75) is 38.4 Å². The highest BCUT2D eigenvalue weighted by atomic mass is 19.4. The number of carbonyl (C=O) groups excluding carboxylic acids is 1. The third kappa shape index (κ3) is 2.71. The molecule has 1 aromatic rings. The Bertz CT molecular complexity index is 581. The second kappa shape index (κ2) is 5.37. The van der Waals surface area contributed by atoms with Crippen LogP contribution in [0.5, 0.6) is 11.5 Å². The molecule has 7 heteroatoms. The average Bonchev–Trinajstić information content (AvgIpc) is 3.05. The van der Waals surface area contributed by atoms with Crippen LogP contribution in [0.15, 0.2) is 6.07 Å². The van der Waals surface area contributed by atoms with E-state index in [0.717, 1.165) is 34.6 Å². The minimum Gasteiger partial charge on any atom is -0.493 e. The maximum atomic E-state index is 12.3. The SMILES string of the molecule is C[C@@H](Cc1c2c(cc3c1OCC3)OCC2)NC(=O)C(F)(F)F. The number of hydrogen-bond donors (Lipinski definition) is 1. The molecule has 0 radical (unpaired) electrons. The Kier molecular flexibility index (Phi) is 3.66. The van der Waals surface area contributed by atoms with Crippen LogP contribution in [0, 0.1) is 0 Å². The number of fused-ring (bicyclic) bond motifs is 2. The van der Waals surface area contributed by atoms with Crippen molar-refractivity contribution in [3.05, 3.63) is 22.8 Å². The van der Waals surface area contributed by atoms with Gasteiger partial charge in [0.15, 0.2) is 0 Å². The van der Waals surface area contributed by atoms with Gasteiger partial charge in [-0.1, -0.05) is 0 Å². The van der Waals surface area contributed by atoms with E-state index in [1.54, 1.807) is 6.92 Å². The van der Waals surface area contributed by atoms with E-state index in [9.17, 15) is 18.0 Å². The van der Waals surface area contributed by atoms with Gasteiger partial charge in [-0.05, 0) is 19.4 Å². The molecule has 2 aliphatic rings. The molecule has 1 amide bonds. The number of rotatable bonds is 3. The van der Waals surface area contributed by atoms with Gasteiger partial charge >= 0.3 is 12.1 Å². The molecule has 22 heavy (non-hydrogen) atoms. The third-order valence-electron chi connectivity index (χ3n) is 3.91. The summed E-state index contributed by atoms with van der Waals surface area (Å²) in [7, 11) is 0. The second-order valence-electron chi connectivity index (χ2n) is 5.59. The Morgan fingerprint density at radius 1 is 1.32 bits per heavy atom. The van der Waals surface area contributed by atoms with Crippen LogP contribution in [0.25, 0.3) is 0 Å². The number of benzene rings is 1. The van der Waals surface area contributed by atoms with E-state index in [1.807, 2.05) is 11.4 Å². The molecule has 0 bridgehead atoms. The zero-order valence-corrected chi connectivity index (χ0v) is 12.0. The summed E-state index contributed by atoms with van der Waals surface area (Å²) in [5, 5.41) is 1.99. The van der Waals surface area contributed by atoms with Crippen molar-refractivity contribution in [1.29, 1.82) is 0 Å². The van der Waals surface area contributed by atoms with Crippen LogP contribution in [-0.2, 0) is 24.1 Å². The molecule has 2 aliphatic heterocycles. The first-order valence-electron chi connectivity index (χ1n) is 7.17. The number of amides is 1. The standard InChI is InChI=1S/C15H16F3NO3/c1-8(19-14(20)15(16,17)18)6-11-10-3-5-21-12(10)7-9-2-4-22-13(9)11/h7-8H,2-6H2,1H3,(H,19,20)/t8-/m0/s1. The lowest BCUT2D eigenvalue weighted by Crippen LogP contribution is -2.42. The monoisotopic (exact) mass is 315 g/mol. The Morgan fingerprint density at radius 2 is 2.05 bits per heavy atom. The summed E-state index contributed by atoms with van der Waals surface area (Å²) in [5.74, 6) is -0.382. The van der Waals surface area contributed by atoms with E-state index in [4.69, 9.17) is 9.47 Å². The first-order valence-corrected chi connectivity index (χ1v) is 7.17. The fourth-order valence-electron chi connectivity index (χ4n) is 2.96. The quantitative estimate of drug-likeness (QED) is 0.930. The first-order chi connectivity index (χ1) is 10.4. The highest BCUT2D eigenvalue weighted by Gasteiger charge is 2.39. The zero-order chi connectivity index (χ0) is 15.9. The summed E-state index contributed by atoms with van der Waals surface area (Å²) < 4.78 is 48.2. The van der Waals surface area contributed by atoms with Crippen molar-refractivity contribution >= 4 is 5.91 Å². The van der Waals surface area contributed by atoms with Crippen LogP contribution in [0.2, 0.25) is 0 Å². The van der Waals surface area contributed by atoms with E-state index in [-0.39, 0.29) is 6.42 Å². The lowest BCUT2D eigenvalue weighted by molar-refractivity contribution is -0.174. The molecule has 0 unspecified atom stereocenters. The maximum Gasteiger partial charge on any atom is 0.471 e. The van der Waals surface area contributed by atoms with Gasteiger partial charge < -0.3 is 14.8 Å². The Morgan fingerprint density at radius 3 is 2.77 bits per heavy atom. The molecule has 4 nitrogen and oxygen atoms in total. The fraction of sp³-hybridized carbons (Fsp3) is 0.533. The lowest BCUT2D eigenvalue weighted by atomic mass is 9.95. The van der Waals surface area contributed by atoms with Gasteiger partial charge in [-0.25, -0.2) is 0 Å². The largest absolute Gasteiger partial charge is 0.493 e. The summed E-state index contributed by atoms with van der Waals surface area (Å²) in [4.78, 5) is 11.0. The average molecular weight is 315 g/mol. The summed E-state index contributed by atoms with van der Waals surface area (Å²) in [6.45, 7) is 2.68. The molecule has 1 aromatic carbocycles. The molecule has 0 saturated heterocycles. The Hall–Kier alpha value is -1.92. The van der Waals surface area contributed by atoms with Crippen LogP contribution in [0.4, 0.5) is 13.2 Å². The van der Waals surface area contributed by atoms with E-state index in [2.05, 4.69) is 0 Å². The molecule has 0 spiro atoms. The summed E-state index contributed by atoms with van der Waals surface area (Å²) in [6.07, 6.45) is -3.10. The molecule has 0 aromatic heterocycles. The summed E-state index contributed by atoms with van der Waals surface area (Å²) >= 11 is 0. The van der Waals surface area contributed by atoms with Gasteiger partial charge in [-0.2, -0.15) is 13.2 Å². The van der Waals surface area contributed by atoms with E-state index in [1.165, 1.54) is 0 Å². The molecular formula is C15H16F3NO3. The molecule has 1 N–H and O–H groups in total. The van der Waals surface area contributed by atoms with Crippen LogP contribution < -0.4 is 14.8 Å². The van der Waals surface area contributed by atoms with Crippen molar-refractivity contribution in [1.82, 2.24) is 5.32 Å². The maximum absolute atomic E-state index is 12.3. The van der Waals surface area contributed by atoms with Gasteiger partial charge in [-0.3, -0.25) is 4.79 Å². The third-order valence-corrected chi connectivity index (χ3v) is 3.91. The highest BCUT2D eigenvalue weighted by Crippen LogP contribution is 2.41. The molecule has 2 heterocycles. The Labute approximate surface area is 125 Å². The Balaban J connectivity index is 1.82. The van der Waals surface area contributed by atoms with Crippen LogP contribution in [0.1, 0.15) is 23.6 Å². The number of alkyl halides is 3. The fourth-order valence-corrected chi connectivity index (χ4v) is 2.96. The predicted molar refractivity (Wildman–Crippen MR) is 72.2 cm³/mol.